The van der Waals surface area contributed by atoms with E-state index in [-0.39, 0.29) is 5.91 Å². The molecule has 1 amide bonds. The van der Waals surface area contributed by atoms with Gasteiger partial charge in [-0.15, -0.1) is 0 Å². The van der Waals surface area contributed by atoms with Crippen LogP contribution in [0.25, 0.3) is 11.0 Å². The van der Waals surface area contributed by atoms with Gasteiger partial charge < -0.3 is 15.0 Å². The average molecular weight is 509 g/mol. The van der Waals surface area contributed by atoms with Crippen LogP contribution in [0, 0.1) is 0 Å². The summed E-state index contributed by atoms with van der Waals surface area (Å²) < 4.78 is 5.94. The van der Waals surface area contributed by atoms with E-state index in [9.17, 15) is 4.79 Å². The standard InChI is InChI=1S/C30H28N4O2S/c35-29(31-23-12-15-27-28(18-23)33-26-9-5-4-8-25(26)32-27)21-10-13-24(14-11-21)36-30(37)34-17-16-22(19-34)20-6-2-1-3-7-20/h1-3,6-7,10-15,18,22H,4-5,8-9,16-17,19H2,(H,31,35)/t22-/m0/s1. The first-order valence-electron chi connectivity index (χ1n) is 12.8. The zero-order valence-corrected chi connectivity index (χ0v) is 21.3. The molecule has 1 N–H and O–H groups in total. The fraction of sp³-hybridized carbons (Fsp3) is 0.267. The number of nitrogens with zero attached hydrogens (tertiary/aromatic N) is 3. The summed E-state index contributed by atoms with van der Waals surface area (Å²) >= 11 is 5.56. The molecule has 1 fully saturated rings. The van der Waals surface area contributed by atoms with Crippen molar-refractivity contribution < 1.29 is 9.53 Å². The van der Waals surface area contributed by atoms with Gasteiger partial charge in [-0.3, -0.25) is 4.79 Å². The molecule has 1 atom stereocenters. The Bertz CT molecular complexity index is 1460. The smallest absolute Gasteiger partial charge is 0.264 e. The summed E-state index contributed by atoms with van der Waals surface area (Å²) in [7, 11) is 0. The first-order chi connectivity index (χ1) is 18.1. The number of likely N-dealkylation sites (tertiary alicyclic amines) is 1. The second-order valence-electron chi connectivity index (χ2n) is 9.72. The lowest BCUT2D eigenvalue weighted by atomic mass is 9.99. The molecule has 2 aliphatic rings. The summed E-state index contributed by atoms with van der Waals surface area (Å²) in [6.45, 7) is 1.72. The number of anilines is 1. The topological polar surface area (TPSA) is 67.3 Å². The highest BCUT2D eigenvalue weighted by atomic mass is 32.1. The van der Waals surface area contributed by atoms with E-state index in [0.29, 0.717) is 28.1 Å². The Morgan fingerprint density at radius 2 is 1.65 bits per heavy atom. The van der Waals surface area contributed by atoms with E-state index in [0.717, 1.165) is 61.2 Å². The highest BCUT2D eigenvalue weighted by molar-refractivity contribution is 7.80. The van der Waals surface area contributed by atoms with E-state index in [2.05, 4.69) is 34.5 Å². The molecule has 1 aromatic heterocycles. The molecular weight excluding hydrogens is 480 g/mol. The van der Waals surface area contributed by atoms with Crippen molar-refractivity contribution in [3.63, 3.8) is 0 Å². The van der Waals surface area contributed by atoms with Crippen molar-refractivity contribution >= 4 is 40.0 Å². The molecule has 0 radical (unpaired) electrons. The van der Waals surface area contributed by atoms with Gasteiger partial charge in [-0.1, -0.05) is 30.3 Å². The number of hydrogen-bond donors (Lipinski definition) is 1. The first-order valence-corrected chi connectivity index (χ1v) is 13.3. The predicted octanol–water partition coefficient (Wildman–Crippen LogP) is 5.91. The van der Waals surface area contributed by atoms with Gasteiger partial charge in [0.15, 0.2) is 0 Å². The second-order valence-corrected chi connectivity index (χ2v) is 10.1. The van der Waals surface area contributed by atoms with E-state index >= 15 is 0 Å². The Labute approximate surface area is 221 Å². The number of rotatable bonds is 4. The molecule has 0 unspecified atom stereocenters. The van der Waals surface area contributed by atoms with Gasteiger partial charge >= 0.3 is 0 Å². The maximum Gasteiger partial charge on any atom is 0.264 e. The van der Waals surface area contributed by atoms with Crippen LogP contribution in [0.2, 0.25) is 0 Å². The molecule has 186 valence electrons. The molecule has 7 heteroatoms. The zero-order chi connectivity index (χ0) is 25.2. The van der Waals surface area contributed by atoms with Crippen LogP contribution in [0.4, 0.5) is 5.69 Å². The van der Waals surface area contributed by atoms with Crippen LogP contribution >= 0.6 is 12.2 Å². The van der Waals surface area contributed by atoms with E-state index in [1.165, 1.54) is 12.0 Å². The van der Waals surface area contributed by atoms with Crippen molar-refractivity contribution in [3.8, 4) is 5.75 Å². The first kappa shape index (κ1) is 23.6. The van der Waals surface area contributed by atoms with E-state index < -0.39 is 0 Å². The molecule has 6 rings (SSSR count). The number of thiocarbonyl (C=S) groups is 1. The Hall–Kier alpha value is -3.84. The van der Waals surface area contributed by atoms with E-state index in [1.807, 2.05) is 24.3 Å². The molecule has 0 bridgehead atoms. The number of aryl methyl sites for hydroxylation is 2. The van der Waals surface area contributed by atoms with Crippen LogP contribution in [0.3, 0.4) is 0 Å². The van der Waals surface area contributed by atoms with Crippen molar-refractivity contribution in [2.75, 3.05) is 18.4 Å². The molecule has 0 spiro atoms. The van der Waals surface area contributed by atoms with Crippen LogP contribution in [0.1, 0.15) is 52.5 Å². The van der Waals surface area contributed by atoms with Crippen LogP contribution < -0.4 is 10.1 Å². The summed E-state index contributed by atoms with van der Waals surface area (Å²) in [5, 5.41) is 3.44. The lowest BCUT2D eigenvalue weighted by molar-refractivity contribution is 0.102. The van der Waals surface area contributed by atoms with Gasteiger partial charge in [-0.2, -0.15) is 0 Å². The third-order valence-electron chi connectivity index (χ3n) is 7.19. The van der Waals surface area contributed by atoms with Gasteiger partial charge in [0.1, 0.15) is 5.75 Å². The predicted molar refractivity (Wildman–Crippen MR) is 149 cm³/mol. The summed E-state index contributed by atoms with van der Waals surface area (Å²) in [4.78, 5) is 24.6. The van der Waals surface area contributed by atoms with E-state index in [4.69, 9.17) is 26.9 Å². The molecule has 1 aliphatic heterocycles. The number of nitrogens with one attached hydrogen (secondary N) is 1. The van der Waals surface area contributed by atoms with E-state index in [1.54, 1.807) is 24.3 Å². The largest absolute Gasteiger partial charge is 0.432 e. The maximum absolute atomic E-state index is 12.9. The minimum absolute atomic E-state index is 0.190. The van der Waals surface area contributed by atoms with Crippen molar-refractivity contribution in [1.82, 2.24) is 14.9 Å². The highest BCUT2D eigenvalue weighted by Gasteiger charge is 2.26. The Balaban J connectivity index is 1.07. The number of hydrogen-bond acceptors (Lipinski definition) is 5. The van der Waals surface area contributed by atoms with Crippen LogP contribution in [-0.2, 0) is 12.8 Å². The zero-order valence-electron chi connectivity index (χ0n) is 20.5. The summed E-state index contributed by atoms with van der Waals surface area (Å²) in [5.74, 6) is 0.889. The minimum atomic E-state index is -0.190. The average Bonchev–Trinajstić information content (AvgIpc) is 3.43. The number of carbonyl (C=O) groups excluding carboxylic acids is 1. The maximum atomic E-state index is 12.9. The second kappa shape index (κ2) is 10.3. The van der Waals surface area contributed by atoms with Crippen LogP contribution in [-0.4, -0.2) is 39.0 Å². The number of fused-ring (bicyclic) bond motifs is 2. The van der Waals surface area contributed by atoms with Crippen molar-refractivity contribution in [1.29, 1.82) is 0 Å². The molecule has 1 saturated heterocycles. The summed E-state index contributed by atoms with van der Waals surface area (Å²) in [6, 6.07) is 23.3. The van der Waals surface area contributed by atoms with Crippen molar-refractivity contribution in [2.24, 2.45) is 0 Å². The molecule has 2 heterocycles. The van der Waals surface area contributed by atoms with Gasteiger partial charge in [0.25, 0.3) is 11.1 Å². The Morgan fingerprint density at radius 1 is 0.919 bits per heavy atom. The highest BCUT2D eigenvalue weighted by Crippen LogP contribution is 2.28. The molecule has 0 saturated carbocycles. The van der Waals surface area contributed by atoms with Crippen LogP contribution in [0.15, 0.2) is 72.8 Å². The third-order valence-corrected chi connectivity index (χ3v) is 7.54. The quantitative estimate of drug-likeness (QED) is 0.346. The third kappa shape index (κ3) is 5.18. The SMILES string of the molecule is O=C(Nc1ccc2nc3c(nc2c1)CCCC3)c1ccc(OC(=S)N2CC[C@H](c3ccccc3)C2)cc1. The molecule has 37 heavy (non-hydrogen) atoms. The molecular formula is C30H28N4O2S. The van der Waals surface area contributed by atoms with Crippen molar-refractivity contribution in [2.45, 2.75) is 38.0 Å². The molecule has 6 nitrogen and oxygen atoms in total. The number of amides is 1. The normalized spacial score (nSPS) is 16.9. The lowest BCUT2D eigenvalue weighted by Gasteiger charge is -2.19. The Kier molecular flexibility index (Phi) is 6.53. The van der Waals surface area contributed by atoms with Gasteiger partial charge in [0.05, 0.1) is 22.4 Å². The van der Waals surface area contributed by atoms with Crippen LogP contribution in [0.5, 0.6) is 5.75 Å². The number of aromatic nitrogens is 2. The fourth-order valence-electron chi connectivity index (χ4n) is 5.16. The van der Waals surface area contributed by atoms with Gasteiger partial charge in [-0.05, 0) is 92.4 Å². The van der Waals surface area contributed by atoms with Gasteiger partial charge in [-0.25, -0.2) is 9.97 Å². The monoisotopic (exact) mass is 508 g/mol. The van der Waals surface area contributed by atoms with Gasteiger partial charge in [0.2, 0.25) is 0 Å². The number of carbonyl (C=O) groups is 1. The number of benzene rings is 3. The Morgan fingerprint density at radius 3 is 2.41 bits per heavy atom. The summed E-state index contributed by atoms with van der Waals surface area (Å²) in [6.07, 6.45) is 5.34. The number of ether oxygens (including phenoxy) is 1. The van der Waals surface area contributed by atoms with Crippen molar-refractivity contribution in [3.05, 3.63) is 95.3 Å². The lowest BCUT2D eigenvalue weighted by Crippen LogP contribution is -2.31. The van der Waals surface area contributed by atoms with Gasteiger partial charge in [0, 0.05) is 30.3 Å². The molecule has 1 aliphatic carbocycles. The minimum Gasteiger partial charge on any atom is -0.432 e. The fourth-order valence-corrected chi connectivity index (χ4v) is 5.42. The molecule has 4 aromatic rings. The molecule has 3 aromatic carbocycles. The summed E-state index contributed by atoms with van der Waals surface area (Å²) in [5.41, 5.74) is 6.45.